The number of aromatic nitrogens is 4. The van der Waals surface area contributed by atoms with Crippen LogP contribution in [0.2, 0.25) is 0 Å². The number of carbonyl (C=O) groups excluding carboxylic acids is 1. The predicted octanol–water partition coefficient (Wildman–Crippen LogP) is 2.53. The zero-order valence-electron chi connectivity index (χ0n) is 18.4. The Hall–Kier alpha value is -4.01. The molecule has 2 aromatic heterocycles. The molecule has 1 aliphatic heterocycles. The molecule has 3 N–H and O–H groups in total. The van der Waals surface area contributed by atoms with Crippen molar-refractivity contribution in [1.82, 2.24) is 19.9 Å². The lowest BCUT2D eigenvalue weighted by Crippen LogP contribution is -2.26. The van der Waals surface area contributed by atoms with Crippen LogP contribution in [0.1, 0.15) is 17.0 Å². The molecule has 0 aliphatic carbocycles. The third kappa shape index (κ3) is 5.40. The van der Waals surface area contributed by atoms with Crippen LogP contribution in [0, 0.1) is 0 Å². The maximum atomic E-state index is 13.6. The first-order valence-electron chi connectivity index (χ1n) is 10.0. The van der Waals surface area contributed by atoms with Crippen LogP contribution in [0.15, 0.2) is 36.7 Å². The monoisotopic (exact) mass is 508 g/mol. The fourth-order valence-electron chi connectivity index (χ4n) is 3.24. The van der Waals surface area contributed by atoms with Crippen molar-refractivity contribution in [3.63, 3.8) is 0 Å². The van der Waals surface area contributed by atoms with Crippen molar-refractivity contribution in [3.05, 3.63) is 53.6 Å². The lowest BCUT2D eigenvalue weighted by atomic mass is 10.1. The van der Waals surface area contributed by atoms with E-state index in [1.165, 1.54) is 19.3 Å². The molecule has 184 valence electrons. The highest BCUT2D eigenvalue weighted by Gasteiger charge is 2.35. The topological polar surface area (TPSA) is 142 Å². The van der Waals surface area contributed by atoms with E-state index < -0.39 is 27.6 Å². The van der Waals surface area contributed by atoms with Crippen molar-refractivity contribution >= 4 is 44.9 Å². The van der Waals surface area contributed by atoms with Crippen molar-refractivity contribution in [3.8, 4) is 0 Å². The summed E-state index contributed by atoms with van der Waals surface area (Å²) in [7, 11) is -2.30. The molecular formula is C20H19F3N8O3S. The number of carbonyl (C=O) groups is 1. The van der Waals surface area contributed by atoms with E-state index in [9.17, 15) is 26.4 Å². The fraction of sp³-hybridized carbons (Fsp3) is 0.250. The van der Waals surface area contributed by atoms with E-state index in [1.807, 2.05) is 0 Å². The molecule has 1 aliphatic rings. The largest absolute Gasteiger partial charge is 0.421 e. The van der Waals surface area contributed by atoms with Gasteiger partial charge in [-0.1, -0.05) is 12.1 Å². The third-order valence-corrected chi connectivity index (χ3v) is 6.21. The molecule has 3 aromatic rings. The van der Waals surface area contributed by atoms with Gasteiger partial charge in [-0.25, -0.2) is 23.4 Å². The van der Waals surface area contributed by atoms with Crippen molar-refractivity contribution in [2.75, 3.05) is 33.6 Å². The minimum atomic E-state index is -4.75. The van der Waals surface area contributed by atoms with Crippen molar-refractivity contribution < 1.29 is 26.4 Å². The second kappa shape index (κ2) is 8.98. The summed E-state index contributed by atoms with van der Waals surface area (Å²) in [6.07, 6.45) is -1.64. The predicted molar refractivity (Wildman–Crippen MR) is 122 cm³/mol. The van der Waals surface area contributed by atoms with Gasteiger partial charge >= 0.3 is 6.18 Å². The Morgan fingerprint density at radius 1 is 1.17 bits per heavy atom. The number of halogens is 3. The Balaban J connectivity index is 1.60. The van der Waals surface area contributed by atoms with Gasteiger partial charge in [0.1, 0.15) is 23.0 Å². The fourth-order valence-corrected chi connectivity index (χ4v) is 3.68. The van der Waals surface area contributed by atoms with E-state index in [1.54, 1.807) is 18.2 Å². The lowest BCUT2D eigenvalue weighted by molar-refractivity contribution is -0.137. The molecule has 11 nitrogen and oxygen atoms in total. The second-order valence-electron chi connectivity index (χ2n) is 7.56. The Bertz CT molecular complexity index is 1400. The van der Waals surface area contributed by atoms with Gasteiger partial charge in [0.05, 0.1) is 30.6 Å². The molecule has 1 aromatic carbocycles. The number of rotatable bonds is 7. The number of nitrogens with one attached hydrogen (secondary N) is 3. The van der Waals surface area contributed by atoms with Crippen LogP contribution in [0.25, 0.3) is 0 Å². The van der Waals surface area contributed by atoms with Crippen LogP contribution in [-0.4, -0.2) is 47.6 Å². The van der Waals surface area contributed by atoms with Gasteiger partial charge in [0.2, 0.25) is 21.9 Å². The van der Waals surface area contributed by atoms with Gasteiger partial charge in [0, 0.05) is 25.5 Å². The summed E-state index contributed by atoms with van der Waals surface area (Å²) in [6.45, 7) is -0.276. The average molecular weight is 508 g/mol. The molecule has 0 fully saturated rings. The summed E-state index contributed by atoms with van der Waals surface area (Å²) < 4.78 is 65.1. The molecule has 0 spiro atoms. The maximum absolute atomic E-state index is 13.6. The molecule has 1 amide bonds. The zero-order valence-corrected chi connectivity index (χ0v) is 19.2. The maximum Gasteiger partial charge on any atom is 0.421 e. The van der Waals surface area contributed by atoms with Gasteiger partial charge in [0.15, 0.2) is 0 Å². The van der Waals surface area contributed by atoms with E-state index in [-0.39, 0.29) is 36.5 Å². The molecule has 35 heavy (non-hydrogen) atoms. The summed E-state index contributed by atoms with van der Waals surface area (Å²) in [5, 5.41) is 8.08. The molecule has 0 unspecified atom stereocenters. The number of sulfonamides is 1. The first kappa shape index (κ1) is 24.1. The average Bonchev–Trinajstić information content (AvgIpc) is 3.17. The van der Waals surface area contributed by atoms with Crippen molar-refractivity contribution in [1.29, 1.82) is 0 Å². The summed E-state index contributed by atoms with van der Waals surface area (Å²) >= 11 is 0. The quantitative estimate of drug-likeness (QED) is 0.439. The summed E-state index contributed by atoms with van der Waals surface area (Å²) in [6, 6.07) is 6.45. The van der Waals surface area contributed by atoms with E-state index in [2.05, 4.69) is 35.9 Å². The summed E-state index contributed by atoms with van der Waals surface area (Å²) in [5.74, 6) is -0.768. The Labute approximate surface area is 197 Å². The number of fused-ring (bicyclic) bond motifs is 1. The highest BCUT2D eigenvalue weighted by atomic mass is 32.2. The summed E-state index contributed by atoms with van der Waals surface area (Å²) in [5.41, 5.74) is 0.565. The molecule has 3 heterocycles. The van der Waals surface area contributed by atoms with Crippen molar-refractivity contribution in [2.24, 2.45) is 0 Å². The molecule has 0 saturated carbocycles. The molecule has 15 heteroatoms. The van der Waals surface area contributed by atoms with Gasteiger partial charge in [0.25, 0.3) is 0 Å². The van der Waals surface area contributed by atoms with Crippen LogP contribution in [0.5, 0.6) is 0 Å². The van der Waals surface area contributed by atoms with E-state index in [0.717, 1.165) is 16.1 Å². The smallest absolute Gasteiger partial charge is 0.362 e. The van der Waals surface area contributed by atoms with Gasteiger partial charge < -0.3 is 16.0 Å². The minimum Gasteiger partial charge on any atom is -0.362 e. The standard InChI is InChI=1S/C20H19F3N8O3S/c1-31(35(2,33)34)15-6-7-24-14(28-15)10-25-18-12(20(21,22)23)9-26-19(30-18)27-13-5-3-4-11-8-16(32)29-17(11)13/h3-7,9H,8,10H2,1-2H3,(H,29,32)(H2,25,26,27,30). The molecule has 0 bridgehead atoms. The van der Waals surface area contributed by atoms with E-state index in [4.69, 9.17) is 0 Å². The van der Waals surface area contributed by atoms with Gasteiger partial charge in [-0.3, -0.25) is 9.10 Å². The van der Waals surface area contributed by atoms with E-state index >= 15 is 0 Å². The Morgan fingerprint density at radius 3 is 2.66 bits per heavy atom. The highest BCUT2D eigenvalue weighted by Crippen LogP contribution is 2.36. The normalized spacial score (nSPS) is 13.2. The van der Waals surface area contributed by atoms with Crippen LogP contribution in [0.4, 0.5) is 42.1 Å². The molecule has 0 saturated heterocycles. The second-order valence-corrected chi connectivity index (χ2v) is 9.57. The first-order chi connectivity index (χ1) is 16.4. The third-order valence-electron chi connectivity index (χ3n) is 5.03. The van der Waals surface area contributed by atoms with Gasteiger partial charge in [-0.2, -0.15) is 18.2 Å². The van der Waals surface area contributed by atoms with Crippen LogP contribution in [0.3, 0.4) is 0 Å². The van der Waals surface area contributed by atoms with Crippen molar-refractivity contribution in [2.45, 2.75) is 19.1 Å². The number of hydrogen-bond donors (Lipinski definition) is 3. The number of para-hydroxylation sites is 1. The number of alkyl halides is 3. The van der Waals surface area contributed by atoms with Crippen LogP contribution >= 0.6 is 0 Å². The molecule has 0 atom stereocenters. The van der Waals surface area contributed by atoms with Crippen LogP contribution in [-0.2, 0) is 34.0 Å². The van der Waals surface area contributed by atoms with E-state index in [0.29, 0.717) is 17.6 Å². The number of benzene rings is 1. The minimum absolute atomic E-state index is 0.0443. The molecule has 0 radical (unpaired) electrons. The summed E-state index contributed by atoms with van der Waals surface area (Å²) in [4.78, 5) is 27.5. The molecule has 4 rings (SSSR count). The molecular weight excluding hydrogens is 489 g/mol. The Morgan fingerprint density at radius 2 is 1.94 bits per heavy atom. The Kier molecular flexibility index (Phi) is 6.19. The number of nitrogens with zero attached hydrogens (tertiary/aromatic N) is 5. The zero-order chi connectivity index (χ0) is 25.4. The van der Waals surface area contributed by atoms with Crippen LogP contribution < -0.4 is 20.3 Å². The van der Waals surface area contributed by atoms with Gasteiger partial charge in [-0.15, -0.1) is 0 Å². The lowest BCUT2D eigenvalue weighted by Gasteiger charge is -2.17. The number of hydrogen-bond acceptors (Lipinski definition) is 9. The van der Waals surface area contributed by atoms with Gasteiger partial charge in [-0.05, 0) is 11.6 Å². The SMILES string of the molecule is CN(c1ccnc(CNc2nc(Nc3cccc4c3NC(=O)C4)ncc2C(F)(F)F)n1)S(C)(=O)=O. The number of amides is 1. The first-order valence-corrected chi connectivity index (χ1v) is 11.9. The number of anilines is 5. The highest BCUT2D eigenvalue weighted by molar-refractivity contribution is 7.92.